The molecule has 1 aromatic carbocycles. The van der Waals surface area contributed by atoms with Gasteiger partial charge in [0.25, 0.3) is 5.91 Å². The van der Waals surface area contributed by atoms with Crippen LogP contribution in [0, 0.1) is 6.92 Å². The quantitative estimate of drug-likeness (QED) is 0.764. The van der Waals surface area contributed by atoms with Gasteiger partial charge in [0.05, 0.1) is 6.26 Å². The van der Waals surface area contributed by atoms with Crippen molar-refractivity contribution in [1.29, 1.82) is 0 Å². The summed E-state index contributed by atoms with van der Waals surface area (Å²) < 4.78 is 5.04. The third-order valence-electron chi connectivity index (χ3n) is 2.72. The van der Waals surface area contributed by atoms with Crippen LogP contribution in [0.5, 0.6) is 0 Å². The van der Waals surface area contributed by atoms with Crippen LogP contribution in [0.3, 0.4) is 0 Å². The molecule has 6 heteroatoms. The fourth-order valence-electron chi connectivity index (χ4n) is 1.81. The number of rotatable bonds is 3. The second-order valence-corrected chi connectivity index (χ2v) is 4.26. The summed E-state index contributed by atoms with van der Waals surface area (Å²) in [6, 6.07) is 10.6. The molecule has 2 N–H and O–H groups in total. The first kappa shape index (κ1) is 12.2. The molecule has 0 spiro atoms. The van der Waals surface area contributed by atoms with Crippen molar-refractivity contribution in [1.82, 2.24) is 15.2 Å². The second kappa shape index (κ2) is 5.00. The van der Waals surface area contributed by atoms with Crippen molar-refractivity contribution >= 4 is 11.6 Å². The molecule has 0 aliphatic rings. The Morgan fingerprint density at radius 1 is 1.30 bits per heavy atom. The molecule has 0 radical (unpaired) electrons. The Hall–Kier alpha value is -2.89. The number of aryl methyl sites for hydroxylation is 1. The molecule has 0 unspecified atom stereocenters. The molecular formula is C14H12N4O2. The molecule has 2 aromatic heterocycles. The van der Waals surface area contributed by atoms with Gasteiger partial charge in [0.2, 0.25) is 0 Å². The van der Waals surface area contributed by atoms with Crippen LogP contribution in [-0.4, -0.2) is 21.1 Å². The predicted molar refractivity (Wildman–Crippen MR) is 73.2 cm³/mol. The van der Waals surface area contributed by atoms with Crippen LogP contribution in [0.15, 0.2) is 47.1 Å². The van der Waals surface area contributed by atoms with Crippen molar-refractivity contribution in [3.63, 3.8) is 0 Å². The number of hydrogen-bond donors (Lipinski definition) is 2. The molecular weight excluding hydrogens is 256 g/mol. The van der Waals surface area contributed by atoms with Crippen LogP contribution in [0.1, 0.15) is 16.4 Å². The maximum absolute atomic E-state index is 11.9. The number of aromatic nitrogens is 3. The Bertz CT molecular complexity index is 731. The zero-order valence-electron chi connectivity index (χ0n) is 10.8. The molecule has 0 aliphatic heterocycles. The fourth-order valence-corrected chi connectivity index (χ4v) is 1.81. The molecule has 2 heterocycles. The van der Waals surface area contributed by atoms with E-state index in [1.807, 2.05) is 25.1 Å². The Morgan fingerprint density at radius 2 is 2.20 bits per heavy atom. The lowest BCUT2D eigenvalue weighted by atomic mass is 10.2. The molecule has 20 heavy (non-hydrogen) atoms. The molecule has 100 valence electrons. The summed E-state index contributed by atoms with van der Waals surface area (Å²) in [4.78, 5) is 16.1. The number of benzene rings is 1. The predicted octanol–water partition coefficient (Wildman–Crippen LogP) is 2.63. The van der Waals surface area contributed by atoms with Gasteiger partial charge < -0.3 is 9.73 Å². The van der Waals surface area contributed by atoms with Gasteiger partial charge in [-0.1, -0.05) is 12.1 Å². The lowest BCUT2D eigenvalue weighted by Crippen LogP contribution is -2.10. The molecule has 0 saturated heterocycles. The lowest BCUT2D eigenvalue weighted by molar-refractivity contribution is 0.0996. The van der Waals surface area contributed by atoms with E-state index in [0.29, 0.717) is 11.5 Å². The SMILES string of the molecule is Cc1nc(-c2cccc(NC(=O)c3ccco3)c2)n[nH]1. The fraction of sp³-hybridized carbons (Fsp3) is 0.0714. The van der Waals surface area contributed by atoms with Crippen molar-refractivity contribution < 1.29 is 9.21 Å². The van der Waals surface area contributed by atoms with E-state index in [4.69, 9.17) is 4.42 Å². The van der Waals surface area contributed by atoms with E-state index in [9.17, 15) is 4.79 Å². The number of nitrogens with one attached hydrogen (secondary N) is 2. The van der Waals surface area contributed by atoms with Crippen molar-refractivity contribution in [2.45, 2.75) is 6.92 Å². The monoisotopic (exact) mass is 268 g/mol. The number of furan rings is 1. The average molecular weight is 268 g/mol. The van der Waals surface area contributed by atoms with Crippen molar-refractivity contribution in [2.24, 2.45) is 0 Å². The van der Waals surface area contributed by atoms with Gasteiger partial charge in [-0.15, -0.1) is 0 Å². The number of carbonyl (C=O) groups is 1. The Morgan fingerprint density at radius 3 is 2.90 bits per heavy atom. The highest BCUT2D eigenvalue weighted by Crippen LogP contribution is 2.19. The van der Waals surface area contributed by atoms with Crippen molar-refractivity contribution in [2.75, 3.05) is 5.32 Å². The topological polar surface area (TPSA) is 83.8 Å². The number of amides is 1. The van der Waals surface area contributed by atoms with Crippen molar-refractivity contribution in [3.8, 4) is 11.4 Å². The van der Waals surface area contributed by atoms with Gasteiger partial charge in [-0.05, 0) is 31.2 Å². The van der Waals surface area contributed by atoms with Crippen molar-refractivity contribution in [3.05, 3.63) is 54.2 Å². The number of aromatic amines is 1. The van der Waals surface area contributed by atoms with Crippen LogP contribution in [-0.2, 0) is 0 Å². The highest BCUT2D eigenvalue weighted by molar-refractivity contribution is 6.02. The standard InChI is InChI=1S/C14H12N4O2/c1-9-15-13(18-17-9)10-4-2-5-11(8-10)16-14(19)12-6-3-7-20-12/h2-8H,1H3,(H,16,19)(H,15,17,18). The number of nitrogens with zero attached hydrogens (tertiary/aromatic N) is 2. The number of hydrogen-bond acceptors (Lipinski definition) is 4. The Balaban J connectivity index is 1.83. The maximum Gasteiger partial charge on any atom is 0.291 e. The summed E-state index contributed by atoms with van der Waals surface area (Å²) in [5, 5.41) is 9.64. The van der Waals surface area contributed by atoms with Gasteiger partial charge in [0.15, 0.2) is 11.6 Å². The second-order valence-electron chi connectivity index (χ2n) is 4.26. The van der Waals surface area contributed by atoms with Gasteiger partial charge in [-0.3, -0.25) is 9.89 Å². The molecule has 0 atom stereocenters. The van der Waals surface area contributed by atoms with E-state index in [1.165, 1.54) is 6.26 Å². The minimum atomic E-state index is -0.293. The van der Waals surface area contributed by atoms with E-state index >= 15 is 0 Å². The Kier molecular flexibility index (Phi) is 3.04. The maximum atomic E-state index is 11.9. The third kappa shape index (κ3) is 2.44. The summed E-state index contributed by atoms with van der Waals surface area (Å²) in [6.07, 6.45) is 1.46. The van der Waals surface area contributed by atoms with E-state index in [-0.39, 0.29) is 11.7 Å². The minimum absolute atomic E-state index is 0.268. The summed E-state index contributed by atoms with van der Waals surface area (Å²) in [5.41, 5.74) is 1.48. The Labute approximate surface area is 114 Å². The largest absolute Gasteiger partial charge is 0.459 e. The molecule has 3 aromatic rings. The zero-order chi connectivity index (χ0) is 13.9. The van der Waals surface area contributed by atoms with E-state index in [2.05, 4.69) is 20.5 Å². The first-order chi connectivity index (χ1) is 9.72. The number of H-pyrrole nitrogens is 1. The van der Waals surface area contributed by atoms with Gasteiger partial charge in [-0.2, -0.15) is 5.10 Å². The number of anilines is 1. The molecule has 3 rings (SSSR count). The van der Waals surface area contributed by atoms with Crippen LogP contribution in [0.25, 0.3) is 11.4 Å². The van der Waals surface area contributed by atoms with Crippen LogP contribution >= 0.6 is 0 Å². The molecule has 0 aliphatic carbocycles. The van der Waals surface area contributed by atoms with Gasteiger partial charge in [0, 0.05) is 11.3 Å². The summed E-state index contributed by atoms with van der Waals surface area (Å²) in [7, 11) is 0. The molecule has 1 amide bonds. The van der Waals surface area contributed by atoms with E-state index in [0.717, 1.165) is 11.4 Å². The normalized spacial score (nSPS) is 10.4. The lowest BCUT2D eigenvalue weighted by Gasteiger charge is -2.04. The first-order valence-corrected chi connectivity index (χ1v) is 6.07. The van der Waals surface area contributed by atoms with Gasteiger partial charge >= 0.3 is 0 Å². The summed E-state index contributed by atoms with van der Waals surface area (Å²) in [6.45, 7) is 1.83. The van der Waals surface area contributed by atoms with E-state index in [1.54, 1.807) is 18.2 Å². The molecule has 0 saturated carbocycles. The smallest absolute Gasteiger partial charge is 0.291 e. The first-order valence-electron chi connectivity index (χ1n) is 6.07. The molecule has 6 nitrogen and oxygen atoms in total. The summed E-state index contributed by atoms with van der Waals surface area (Å²) in [5.74, 6) is 1.31. The van der Waals surface area contributed by atoms with Crippen LogP contribution in [0.4, 0.5) is 5.69 Å². The highest BCUT2D eigenvalue weighted by Gasteiger charge is 2.10. The average Bonchev–Trinajstić information content (AvgIpc) is 3.10. The summed E-state index contributed by atoms with van der Waals surface area (Å²) >= 11 is 0. The molecule has 0 fully saturated rings. The van der Waals surface area contributed by atoms with Gasteiger partial charge in [-0.25, -0.2) is 4.98 Å². The third-order valence-corrected chi connectivity index (χ3v) is 2.72. The van der Waals surface area contributed by atoms with Gasteiger partial charge in [0.1, 0.15) is 5.82 Å². The minimum Gasteiger partial charge on any atom is -0.459 e. The van der Waals surface area contributed by atoms with E-state index < -0.39 is 0 Å². The van der Waals surface area contributed by atoms with Crippen LogP contribution < -0.4 is 5.32 Å². The number of carbonyl (C=O) groups excluding carboxylic acids is 1. The molecule has 0 bridgehead atoms. The zero-order valence-corrected chi connectivity index (χ0v) is 10.8. The highest BCUT2D eigenvalue weighted by atomic mass is 16.3. The van der Waals surface area contributed by atoms with Crippen LogP contribution in [0.2, 0.25) is 0 Å².